The van der Waals surface area contributed by atoms with E-state index in [9.17, 15) is 4.79 Å². The van der Waals surface area contributed by atoms with Crippen LogP contribution in [0.1, 0.15) is 23.2 Å². The van der Waals surface area contributed by atoms with Crippen molar-refractivity contribution in [1.29, 1.82) is 0 Å². The minimum absolute atomic E-state index is 0.0853. The maximum atomic E-state index is 12.5. The highest BCUT2D eigenvalue weighted by molar-refractivity contribution is 6.31. The van der Waals surface area contributed by atoms with Crippen LogP contribution in [0.5, 0.6) is 0 Å². The molecule has 2 saturated heterocycles. The summed E-state index contributed by atoms with van der Waals surface area (Å²) in [5.41, 5.74) is 6.77. The van der Waals surface area contributed by atoms with E-state index in [1.165, 1.54) is 0 Å². The lowest BCUT2D eigenvalue weighted by Crippen LogP contribution is -2.47. The molecule has 0 radical (unpaired) electrons. The molecule has 3 rings (SSSR count). The van der Waals surface area contributed by atoms with Gasteiger partial charge in [0.25, 0.3) is 5.91 Å². The predicted octanol–water partition coefficient (Wildman–Crippen LogP) is 1.90. The molecule has 5 nitrogen and oxygen atoms in total. The van der Waals surface area contributed by atoms with Gasteiger partial charge in [-0.25, -0.2) is 0 Å². The number of ether oxygens (including phenoxy) is 2. The van der Waals surface area contributed by atoms with Gasteiger partial charge in [-0.3, -0.25) is 4.79 Å². The molecule has 2 aliphatic rings. The first-order valence-corrected chi connectivity index (χ1v) is 7.10. The Balaban J connectivity index is 1.71. The Hall–Kier alpha value is -1.30. The van der Waals surface area contributed by atoms with Crippen LogP contribution in [0.3, 0.4) is 0 Å². The summed E-state index contributed by atoms with van der Waals surface area (Å²) < 4.78 is 11.3. The van der Waals surface area contributed by atoms with E-state index in [1.807, 2.05) is 0 Å². The maximum Gasteiger partial charge on any atom is 0.256 e. The topological polar surface area (TPSA) is 64.8 Å². The molecule has 6 heteroatoms. The van der Waals surface area contributed by atoms with Gasteiger partial charge in [0, 0.05) is 36.6 Å². The Morgan fingerprint density at radius 1 is 1.25 bits per heavy atom. The Kier molecular flexibility index (Phi) is 3.58. The quantitative estimate of drug-likeness (QED) is 0.804. The third kappa shape index (κ3) is 2.49. The molecule has 2 aliphatic heterocycles. The van der Waals surface area contributed by atoms with E-state index < -0.39 is 5.79 Å². The highest BCUT2D eigenvalue weighted by Crippen LogP contribution is 2.32. The van der Waals surface area contributed by atoms with Crippen LogP contribution in [0.15, 0.2) is 18.2 Å². The molecule has 0 aliphatic carbocycles. The fourth-order valence-corrected chi connectivity index (χ4v) is 2.89. The lowest BCUT2D eigenvalue weighted by atomic mass is 10.0. The minimum atomic E-state index is -0.476. The first kappa shape index (κ1) is 13.7. The van der Waals surface area contributed by atoms with Gasteiger partial charge < -0.3 is 20.1 Å². The van der Waals surface area contributed by atoms with Gasteiger partial charge in [0.2, 0.25) is 0 Å². The lowest BCUT2D eigenvalue weighted by Gasteiger charge is -2.37. The second-order valence-corrected chi connectivity index (χ2v) is 5.57. The summed E-state index contributed by atoms with van der Waals surface area (Å²) in [6.07, 6.45) is 1.39. The van der Waals surface area contributed by atoms with Crippen molar-refractivity contribution in [3.8, 4) is 0 Å². The minimum Gasteiger partial charge on any atom is -0.398 e. The Labute approximate surface area is 122 Å². The van der Waals surface area contributed by atoms with Crippen molar-refractivity contribution in [2.75, 3.05) is 32.0 Å². The number of nitrogen functional groups attached to an aromatic ring is 1. The molecule has 2 heterocycles. The normalized spacial score (nSPS) is 21.4. The van der Waals surface area contributed by atoms with Gasteiger partial charge in [0.1, 0.15) is 0 Å². The molecule has 108 valence electrons. The van der Waals surface area contributed by atoms with Crippen molar-refractivity contribution in [2.45, 2.75) is 18.6 Å². The zero-order chi connectivity index (χ0) is 14.2. The zero-order valence-corrected chi connectivity index (χ0v) is 11.9. The number of hydrogen-bond acceptors (Lipinski definition) is 4. The van der Waals surface area contributed by atoms with E-state index in [2.05, 4.69) is 0 Å². The fraction of sp³-hybridized carbons (Fsp3) is 0.500. The molecule has 2 N–H and O–H groups in total. The third-order valence-corrected chi connectivity index (χ3v) is 4.11. The standard InChI is InChI=1S/C14H17ClN2O3/c15-10-1-2-12(16)11(9-10)13(18)17-5-3-14(4-6-17)19-7-8-20-14/h1-2,9H,3-8,16H2. The molecule has 1 aromatic carbocycles. The number of hydrogen-bond donors (Lipinski definition) is 1. The number of nitrogens with zero attached hydrogens (tertiary/aromatic N) is 1. The number of anilines is 1. The van der Waals surface area contributed by atoms with Gasteiger partial charge in [0.15, 0.2) is 5.79 Å². The van der Waals surface area contributed by atoms with Crippen LogP contribution in [0.25, 0.3) is 0 Å². The van der Waals surface area contributed by atoms with E-state index in [4.69, 9.17) is 26.8 Å². The van der Waals surface area contributed by atoms with Crippen molar-refractivity contribution in [1.82, 2.24) is 4.90 Å². The average molecular weight is 297 g/mol. The van der Waals surface area contributed by atoms with Crippen LogP contribution >= 0.6 is 11.6 Å². The van der Waals surface area contributed by atoms with Crippen LogP contribution in [0.2, 0.25) is 5.02 Å². The number of halogens is 1. The monoisotopic (exact) mass is 296 g/mol. The lowest BCUT2D eigenvalue weighted by molar-refractivity contribution is -0.181. The Morgan fingerprint density at radius 2 is 1.90 bits per heavy atom. The van der Waals surface area contributed by atoms with Gasteiger partial charge in [-0.2, -0.15) is 0 Å². The van der Waals surface area contributed by atoms with E-state index >= 15 is 0 Å². The molecule has 20 heavy (non-hydrogen) atoms. The van der Waals surface area contributed by atoms with E-state index in [0.717, 1.165) is 0 Å². The van der Waals surface area contributed by atoms with Crippen LogP contribution in [0, 0.1) is 0 Å². The summed E-state index contributed by atoms with van der Waals surface area (Å²) in [4.78, 5) is 14.3. The summed E-state index contributed by atoms with van der Waals surface area (Å²) in [6.45, 7) is 2.47. The summed E-state index contributed by atoms with van der Waals surface area (Å²) >= 11 is 5.93. The molecule has 1 spiro atoms. The van der Waals surface area contributed by atoms with Crippen molar-refractivity contribution in [2.24, 2.45) is 0 Å². The highest BCUT2D eigenvalue weighted by atomic mass is 35.5. The van der Waals surface area contributed by atoms with E-state index in [1.54, 1.807) is 23.1 Å². The van der Waals surface area contributed by atoms with Crippen molar-refractivity contribution < 1.29 is 14.3 Å². The molecule has 0 aromatic heterocycles. The van der Waals surface area contributed by atoms with Crippen LogP contribution in [-0.2, 0) is 9.47 Å². The summed E-state index contributed by atoms with van der Waals surface area (Å²) in [5, 5.41) is 0.512. The number of carbonyl (C=O) groups excluding carboxylic acids is 1. The number of benzene rings is 1. The SMILES string of the molecule is Nc1ccc(Cl)cc1C(=O)N1CCC2(CC1)OCCO2. The largest absolute Gasteiger partial charge is 0.398 e. The molecule has 0 saturated carbocycles. The van der Waals surface area contributed by atoms with E-state index in [-0.39, 0.29) is 5.91 Å². The molecular weight excluding hydrogens is 280 g/mol. The third-order valence-electron chi connectivity index (χ3n) is 3.87. The highest BCUT2D eigenvalue weighted by Gasteiger charge is 2.41. The smallest absolute Gasteiger partial charge is 0.256 e. The number of likely N-dealkylation sites (tertiary alicyclic amines) is 1. The molecule has 0 bridgehead atoms. The predicted molar refractivity (Wildman–Crippen MR) is 75.6 cm³/mol. The van der Waals surface area contributed by atoms with Crippen LogP contribution in [-0.4, -0.2) is 42.9 Å². The van der Waals surface area contributed by atoms with Crippen molar-refractivity contribution >= 4 is 23.2 Å². The molecule has 0 atom stereocenters. The van der Waals surface area contributed by atoms with Gasteiger partial charge in [-0.15, -0.1) is 0 Å². The van der Waals surface area contributed by atoms with Crippen LogP contribution < -0.4 is 5.73 Å². The average Bonchev–Trinajstić information content (AvgIpc) is 2.90. The first-order valence-electron chi connectivity index (χ1n) is 6.72. The second-order valence-electron chi connectivity index (χ2n) is 5.13. The first-order chi connectivity index (χ1) is 9.60. The van der Waals surface area contributed by atoms with Gasteiger partial charge >= 0.3 is 0 Å². The van der Waals surface area contributed by atoms with Gasteiger partial charge in [-0.05, 0) is 18.2 Å². The molecule has 1 aromatic rings. The zero-order valence-electron chi connectivity index (χ0n) is 11.1. The number of amides is 1. The summed E-state index contributed by atoms with van der Waals surface area (Å²) in [7, 11) is 0. The molecule has 2 fully saturated rings. The number of nitrogens with two attached hydrogens (primary N) is 1. The second kappa shape index (κ2) is 5.24. The Bertz CT molecular complexity index is 519. The number of carbonyl (C=O) groups is 1. The number of rotatable bonds is 1. The fourth-order valence-electron chi connectivity index (χ4n) is 2.72. The molecular formula is C14H17ClN2O3. The Morgan fingerprint density at radius 3 is 2.55 bits per heavy atom. The van der Waals surface area contributed by atoms with Gasteiger partial charge in [-0.1, -0.05) is 11.6 Å². The maximum absolute atomic E-state index is 12.5. The van der Waals surface area contributed by atoms with Crippen molar-refractivity contribution in [3.05, 3.63) is 28.8 Å². The van der Waals surface area contributed by atoms with Crippen molar-refractivity contribution in [3.63, 3.8) is 0 Å². The molecule has 0 unspecified atom stereocenters. The van der Waals surface area contributed by atoms with Crippen LogP contribution in [0.4, 0.5) is 5.69 Å². The number of piperidine rings is 1. The van der Waals surface area contributed by atoms with E-state index in [0.29, 0.717) is 55.4 Å². The molecule has 1 amide bonds. The summed E-state index contributed by atoms with van der Waals surface area (Å²) in [6, 6.07) is 4.95. The summed E-state index contributed by atoms with van der Waals surface area (Å²) in [5.74, 6) is -0.561. The van der Waals surface area contributed by atoms with Gasteiger partial charge in [0.05, 0.1) is 18.8 Å².